The number of hydrogen-bond donors (Lipinski definition) is 1. The van der Waals surface area contributed by atoms with Gasteiger partial charge in [-0.05, 0) is 19.1 Å². The van der Waals surface area contributed by atoms with Crippen LogP contribution in [0, 0.1) is 24.1 Å². The molecule has 0 unspecified atom stereocenters. The molecule has 0 saturated heterocycles. The molecule has 0 aliphatic carbocycles. The number of carbonyl (C=O) groups is 1. The SMILES string of the molecule is Cc1c(N)cc(C(=O)N(C)CCC#N)cc1F. The van der Waals surface area contributed by atoms with Crippen LogP contribution in [0.5, 0.6) is 0 Å². The van der Waals surface area contributed by atoms with Crippen molar-refractivity contribution in [1.29, 1.82) is 5.26 Å². The number of benzene rings is 1. The zero-order valence-corrected chi connectivity index (χ0v) is 9.83. The highest BCUT2D eigenvalue weighted by atomic mass is 19.1. The number of amides is 1. The summed E-state index contributed by atoms with van der Waals surface area (Å²) in [5.74, 6) is -0.840. The minimum Gasteiger partial charge on any atom is -0.398 e. The average Bonchev–Trinajstić information content (AvgIpc) is 2.31. The highest BCUT2D eigenvalue weighted by Crippen LogP contribution is 2.18. The molecule has 0 aliphatic rings. The third kappa shape index (κ3) is 2.94. The largest absolute Gasteiger partial charge is 0.398 e. The molecule has 90 valence electrons. The molecule has 0 spiro atoms. The van der Waals surface area contributed by atoms with Crippen LogP contribution in [0.1, 0.15) is 22.3 Å². The summed E-state index contributed by atoms with van der Waals surface area (Å²) in [7, 11) is 1.56. The first-order chi connectivity index (χ1) is 7.97. The Morgan fingerprint density at radius 3 is 2.76 bits per heavy atom. The Kier molecular flexibility index (Phi) is 4.05. The molecule has 0 aliphatic heterocycles. The standard InChI is InChI=1S/C12H14FN3O/c1-8-10(13)6-9(7-11(8)15)12(17)16(2)5-3-4-14/h6-7H,3,5,15H2,1-2H3. The Labute approximate surface area is 99.4 Å². The first kappa shape index (κ1) is 13.0. The van der Waals surface area contributed by atoms with Crippen LogP contribution in [-0.4, -0.2) is 24.4 Å². The van der Waals surface area contributed by atoms with Gasteiger partial charge in [0.05, 0.1) is 12.5 Å². The number of nitrogen functional groups attached to an aromatic ring is 1. The average molecular weight is 235 g/mol. The molecule has 2 N–H and O–H groups in total. The molecule has 0 bridgehead atoms. The summed E-state index contributed by atoms with van der Waals surface area (Å²) in [6, 6.07) is 4.56. The van der Waals surface area contributed by atoms with Gasteiger partial charge in [-0.25, -0.2) is 4.39 Å². The molecular formula is C12H14FN3O. The van der Waals surface area contributed by atoms with Gasteiger partial charge in [0, 0.05) is 30.4 Å². The van der Waals surface area contributed by atoms with Crippen LogP contribution in [0.25, 0.3) is 0 Å². The summed E-state index contributed by atoms with van der Waals surface area (Å²) in [4.78, 5) is 13.2. The third-order valence-electron chi connectivity index (χ3n) is 2.54. The molecule has 0 heterocycles. The van der Waals surface area contributed by atoms with E-state index in [1.54, 1.807) is 14.0 Å². The van der Waals surface area contributed by atoms with E-state index in [4.69, 9.17) is 11.0 Å². The van der Waals surface area contributed by atoms with E-state index in [1.165, 1.54) is 11.0 Å². The Hall–Kier alpha value is -2.09. The van der Waals surface area contributed by atoms with E-state index in [9.17, 15) is 9.18 Å². The highest BCUT2D eigenvalue weighted by molar-refractivity contribution is 5.95. The first-order valence-electron chi connectivity index (χ1n) is 5.15. The van der Waals surface area contributed by atoms with E-state index in [-0.39, 0.29) is 23.6 Å². The summed E-state index contributed by atoms with van der Waals surface area (Å²) >= 11 is 0. The molecule has 0 aromatic heterocycles. The van der Waals surface area contributed by atoms with Crippen LogP contribution in [-0.2, 0) is 0 Å². The van der Waals surface area contributed by atoms with Crippen molar-refractivity contribution in [3.63, 3.8) is 0 Å². The molecule has 1 aromatic rings. The normalized spacial score (nSPS) is 9.76. The minimum absolute atomic E-state index is 0.200. The maximum atomic E-state index is 13.4. The fourth-order valence-electron chi connectivity index (χ4n) is 1.36. The smallest absolute Gasteiger partial charge is 0.253 e. The summed E-state index contributed by atoms with van der Waals surface area (Å²) in [5.41, 5.74) is 6.38. The summed E-state index contributed by atoms with van der Waals surface area (Å²) in [6.45, 7) is 1.86. The second-order valence-corrected chi connectivity index (χ2v) is 3.81. The fraction of sp³-hybridized carbons (Fsp3) is 0.333. The lowest BCUT2D eigenvalue weighted by atomic mass is 10.1. The third-order valence-corrected chi connectivity index (χ3v) is 2.54. The number of nitrogens with zero attached hydrogens (tertiary/aromatic N) is 2. The quantitative estimate of drug-likeness (QED) is 0.810. The van der Waals surface area contributed by atoms with Gasteiger partial charge in [-0.1, -0.05) is 0 Å². The lowest BCUT2D eigenvalue weighted by molar-refractivity contribution is 0.0797. The van der Waals surface area contributed by atoms with Crippen molar-refractivity contribution < 1.29 is 9.18 Å². The van der Waals surface area contributed by atoms with Gasteiger partial charge in [-0.3, -0.25) is 4.79 Å². The number of nitrogens with two attached hydrogens (primary N) is 1. The Bertz CT molecular complexity index is 456. The van der Waals surface area contributed by atoms with Gasteiger partial charge in [0.15, 0.2) is 0 Å². The fourth-order valence-corrected chi connectivity index (χ4v) is 1.36. The Balaban J connectivity index is 2.94. The van der Waals surface area contributed by atoms with Crippen molar-refractivity contribution in [2.75, 3.05) is 19.3 Å². The van der Waals surface area contributed by atoms with Crippen molar-refractivity contribution in [3.05, 3.63) is 29.1 Å². The number of rotatable bonds is 3. The zero-order chi connectivity index (χ0) is 13.0. The van der Waals surface area contributed by atoms with Crippen LogP contribution in [0.4, 0.5) is 10.1 Å². The van der Waals surface area contributed by atoms with Gasteiger partial charge >= 0.3 is 0 Å². The molecule has 17 heavy (non-hydrogen) atoms. The molecular weight excluding hydrogens is 221 g/mol. The van der Waals surface area contributed by atoms with Gasteiger partial charge < -0.3 is 10.6 Å². The molecule has 1 rings (SSSR count). The van der Waals surface area contributed by atoms with Crippen LogP contribution < -0.4 is 5.73 Å². The molecule has 0 atom stereocenters. The van der Waals surface area contributed by atoms with Crippen molar-refractivity contribution in [1.82, 2.24) is 4.90 Å². The summed E-state index contributed by atoms with van der Waals surface area (Å²) in [6.07, 6.45) is 0.242. The lowest BCUT2D eigenvalue weighted by Gasteiger charge is -2.16. The van der Waals surface area contributed by atoms with E-state index in [0.29, 0.717) is 12.1 Å². The first-order valence-corrected chi connectivity index (χ1v) is 5.15. The lowest BCUT2D eigenvalue weighted by Crippen LogP contribution is -2.27. The Morgan fingerprint density at radius 2 is 2.24 bits per heavy atom. The maximum Gasteiger partial charge on any atom is 0.253 e. The van der Waals surface area contributed by atoms with Crippen molar-refractivity contribution in [3.8, 4) is 6.07 Å². The van der Waals surface area contributed by atoms with Crippen molar-refractivity contribution in [2.24, 2.45) is 0 Å². The molecule has 4 nitrogen and oxygen atoms in total. The molecule has 0 saturated carbocycles. The topological polar surface area (TPSA) is 70.1 Å². The summed E-state index contributed by atoms with van der Waals surface area (Å²) < 4.78 is 13.4. The van der Waals surface area contributed by atoms with E-state index in [2.05, 4.69) is 0 Å². The van der Waals surface area contributed by atoms with Crippen molar-refractivity contribution in [2.45, 2.75) is 13.3 Å². The number of hydrogen-bond acceptors (Lipinski definition) is 3. The molecule has 1 aromatic carbocycles. The van der Waals surface area contributed by atoms with Crippen LogP contribution in [0.3, 0.4) is 0 Å². The van der Waals surface area contributed by atoms with Gasteiger partial charge in [-0.2, -0.15) is 5.26 Å². The van der Waals surface area contributed by atoms with Crippen LogP contribution in [0.15, 0.2) is 12.1 Å². The monoisotopic (exact) mass is 235 g/mol. The van der Waals surface area contributed by atoms with E-state index in [0.717, 1.165) is 6.07 Å². The van der Waals surface area contributed by atoms with Gasteiger partial charge in [0.1, 0.15) is 5.82 Å². The number of anilines is 1. The zero-order valence-electron chi connectivity index (χ0n) is 9.83. The molecule has 5 heteroatoms. The summed E-state index contributed by atoms with van der Waals surface area (Å²) in [5, 5.41) is 8.42. The number of carbonyl (C=O) groups excluding carboxylic acids is 1. The highest BCUT2D eigenvalue weighted by Gasteiger charge is 2.14. The van der Waals surface area contributed by atoms with E-state index < -0.39 is 5.82 Å². The van der Waals surface area contributed by atoms with Crippen LogP contribution in [0.2, 0.25) is 0 Å². The van der Waals surface area contributed by atoms with Gasteiger partial charge in [-0.15, -0.1) is 0 Å². The van der Waals surface area contributed by atoms with Crippen molar-refractivity contribution >= 4 is 11.6 Å². The van der Waals surface area contributed by atoms with Gasteiger partial charge in [0.2, 0.25) is 0 Å². The predicted molar refractivity (Wildman–Crippen MR) is 62.7 cm³/mol. The predicted octanol–water partition coefficient (Wildman–Crippen LogP) is 1.70. The van der Waals surface area contributed by atoms with Crippen LogP contribution >= 0.6 is 0 Å². The number of halogens is 1. The second-order valence-electron chi connectivity index (χ2n) is 3.81. The minimum atomic E-state index is -0.498. The second kappa shape index (κ2) is 5.30. The van der Waals surface area contributed by atoms with Gasteiger partial charge in [0.25, 0.3) is 5.91 Å². The van der Waals surface area contributed by atoms with E-state index in [1.807, 2.05) is 6.07 Å². The Morgan fingerprint density at radius 1 is 1.59 bits per heavy atom. The number of nitriles is 1. The van der Waals surface area contributed by atoms with E-state index >= 15 is 0 Å². The maximum absolute atomic E-state index is 13.4. The molecule has 1 amide bonds. The molecule has 0 fully saturated rings. The molecule has 0 radical (unpaired) electrons.